The van der Waals surface area contributed by atoms with Gasteiger partial charge in [0.25, 0.3) is 11.7 Å². The lowest BCUT2D eigenvalue weighted by Gasteiger charge is -2.27. The third-order valence-corrected chi connectivity index (χ3v) is 5.70. The molecule has 1 saturated heterocycles. The standard InChI is InChI=1S/C27H25NO5/c1-4-33-21-10-7-9-19(16-21)28-24(22-11-6-5-8-17(22)2)23(26(30)27(28)31)25(29)18-12-14-20(32-3)15-13-18/h5-16,24,29H,4H2,1-3H3/b25-23+. The minimum Gasteiger partial charge on any atom is -0.507 e. The fourth-order valence-corrected chi connectivity index (χ4v) is 4.08. The lowest BCUT2D eigenvalue weighted by molar-refractivity contribution is -0.132. The van der Waals surface area contributed by atoms with Gasteiger partial charge in [0.15, 0.2) is 0 Å². The fraction of sp³-hybridized carbons (Fsp3) is 0.185. The van der Waals surface area contributed by atoms with E-state index in [-0.39, 0.29) is 11.3 Å². The number of benzene rings is 3. The number of amides is 1. The molecule has 1 heterocycles. The van der Waals surface area contributed by atoms with Crippen molar-refractivity contribution >= 4 is 23.1 Å². The predicted octanol–water partition coefficient (Wildman–Crippen LogP) is 5.03. The van der Waals surface area contributed by atoms with Gasteiger partial charge in [-0.05, 0) is 61.4 Å². The van der Waals surface area contributed by atoms with Gasteiger partial charge < -0.3 is 14.6 Å². The lowest BCUT2D eigenvalue weighted by Crippen LogP contribution is -2.29. The first kappa shape index (κ1) is 22.1. The third-order valence-electron chi connectivity index (χ3n) is 5.70. The highest BCUT2D eigenvalue weighted by molar-refractivity contribution is 6.51. The topological polar surface area (TPSA) is 76.1 Å². The van der Waals surface area contributed by atoms with Crippen molar-refractivity contribution in [1.82, 2.24) is 0 Å². The van der Waals surface area contributed by atoms with Crippen molar-refractivity contribution in [2.45, 2.75) is 19.9 Å². The maximum atomic E-state index is 13.3. The Morgan fingerprint density at radius 2 is 1.70 bits per heavy atom. The molecule has 1 aliphatic rings. The number of aliphatic hydroxyl groups excluding tert-OH is 1. The van der Waals surface area contributed by atoms with Crippen LogP contribution in [0.4, 0.5) is 5.69 Å². The monoisotopic (exact) mass is 443 g/mol. The molecule has 1 fully saturated rings. The number of ether oxygens (including phenoxy) is 2. The van der Waals surface area contributed by atoms with E-state index >= 15 is 0 Å². The summed E-state index contributed by atoms with van der Waals surface area (Å²) in [5, 5.41) is 11.2. The zero-order chi connectivity index (χ0) is 23.5. The van der Waals surface area contributed by atoms with Crippen LogP contribution in [0.15, 0.2) is 78.4 Å². The molecule has 4 rings (SSSR count). The Labute approximate surface area is 192 Å². The summed E-state index contributed by atoms with van der Waals surface area (Å²) in [5.74, 6) is -0.455. The van der Waals surface area contributed by atoms with Gasteiger partial charge in [0, 0.05) is 17.3 Å². The van der Waals surface area contributed by atoms with E-state index in [9.17, 15) is 14.7 Å². The number of aryl methyl sites for hydroxylation is 1. The van der Waals surface area contributed by atoms with E-state index in [4.69, 9.17) is 9.47 Å². The van der Waals surface area contributed by atoms with Crippen LogP contribution in [-0.2, 0) is 9.59 Å². The van der Waals surface area contributed by atoms with Gasteiger partial charge in [0.05, 0.1) is 25.3 Å². The number of anilines is 1. The molecule has 0 aromatic heterocycles. The minimum absolute atomic E-state index is 0.0429. The summed E-state index contributed by atoms with van der Waals surface area (Å²) in [5.41, 5.74) is 2.64. The molecule has 0 radical (unpaired) electrons. The Morgan fingerprint density at radius 1 is 0.970 bits per heavy atom. The predicted molar refractivity (Wildman–Crippen MR) is 127 cm³/mol. The van der Waals surface area contributed by atoms with Gasteiger partial charge in [-0.15, -0.1) is 0 Å². The van der Waals surface area contributed by atoms with Crippen LogP contribution in [0.1, 0.15) is 29.7 Å². The van der Waals surface area contributed by atoms with E-state index in [1.54, 1.807) is 55.6 Å². The molecule has 3 aromatic rings. The van der Waals surface area contributed by atoms with Gasteiger partial charge in [0.1, 0.15) is 17.3 Å². The van der Waals surface area contributed by atoms with E-state index in [1.807, 2.05) is 38.1 Å². The summed E-state index contributed by atoms with van der Waals surface area (Å²) >= 11 is 0. The molecule has 1 unspecified atom stereocenters. The minimum atomic E-state index is -0.787. The van der Waals surface area contributed by atoms with E-state index < -0.39 is 17.7 Å². The van der Waals surface area contributed by atoms with Crippen LogP contribution >= 0.6 is 0 Å². The largest absolute Gasteiger partial charge is 0.507 e. The SMILES string of the molecule is CCOc1cccc(N2C(=O)C(=O)/C(=C(/O)c3ccc(OC)cc3)C2c2ccccc2C)c1. The molecule has 1 N–H and O–H groups in total. The van der Waals surface area contributed by atoms with Crippen LogP contribution in [0, 0.1) is 6.92 Å². The second-order valence-electron chi connectivity index (χ2n) is 7.68. The van der Waals surface area contributed by atoms with Crippen LogP contribution in [0.2, 0.25) is 0 Å². The summed E-state index contributed by atoms with van der Waals surface area (Å²) in [6.07, 6.45) is 0. The van der Waals surface area contributed by atoms with Crippen LogP contribution in [-0.4, -0.2) is 30.5 Å². The smallest absolute Gasteiger partial charge is 0.300 e. The van der Waals surface area contributed by atoms with Crippen molar-refractivity contribution in [2.24, 2.45) is 0 Å². The second-order valence-corrected chi connectivity index (χ2v) is 7.68. The Bertz CT molecular complexity index is 1230. The summed E-state index contributed by atoms with van der Waals surface area (Å²) in [4.78, 5) is 28.0. The Kier molecular flexibility index (Phi) is 6.18. The highest BCUT2D eigenvalue weighted by Crippen LogP contribution is 2.43. The Balaban J connectivity index is 1.92. The Morgan fingerprint density at radius 3 is 2.36 bits per heavy atom. The highest BCUT2D eigenvalue weighted by atomic mass is 16.5. The zero-order valence-corrected chi connectivity index (χ0v) is 18.7. The van der Waals surface area contributed by atoms with E-state index in [0.29, 0.717) is 29.4 Å². The zero-order valence-electron chi connectivity index (χ0n) is 18.7. The number of aliphatic hydroxyl groups is 1. The third kappa shape index (κ3) is 4.07. The lowest BCUT2D eigenvalue weighted by atomic mass is 9.92. The van der Waals surface area contributed by atoms with E-state index in [2.05, 4.69) is 0 Å². The number of hydrogen-bond acceptors (Lipinski definition) is 5. The number of ketones is 1. The molecule has 33 heavy (non-hydrogen) atoms. The molecular weight excluding hydrogens is 418 g/mol. The van der Waals surface area contributed by atoms with Crippen molar-refractivity contribution in [3.63, 3.8) is 0 Å². The second kappa shape index (κ2) is 9.20. The van der Waals surface area contributed by atoms with Gasteiger partial charge in [-0.3, -0.25) is 14.5 Å². The van der Waals surface area contributed by atoms with E-state index in [0.717, 1.165) is 11.1 Å². The highest BCUT2D eigenvalue weighted by Gasteiger charge is 2.47. The first-order valence-electron chi connectivity index (χ1n) is 10.7. The molecule has 1 amide bonds. The molecule has 6 nitrogen and oxygen atoms in total. The fourth-order valence-electron chi connectivity index (χ4n) is 4.08. The maximum absolute atomic E-state index is 13.3. The van der Waals surface area contributed by atoms with Gasteiger partial charge in [-0.1, -0.05) is 30.3 Å². The van der Waals surface area contributed by atoms with Crippen molar-refractivity contribution < 1.29 is 24.2 Å². The summed E-state index contributed by atoms with van der Waals surface area (Å²) in [6, 6.07) is 20.5. The van der Waals surface area contributed by atoms with Crippen LogP contribution in [0.3, 0.4) is 0 Å². The van der Waals surface area contributed by atoms with Crippen LogP contribution in [0.25, 0.3) is 5.76 Å². The average Bonchev–Trinajstić information content (AvgIpc) is 3.09. The summed E-state index contributed by atoms with van der Waals surface area (Å²) < 4.78 is 10.8. The Hall–Kier alpha value is -4.06. The molecule has 6 heteroatoms. The molecule has 3 aromatic carbocycles. The summed E-state index contributed by atoms with van der Waals surface area (Å²) in [6.45, 7) is 4.27. The van der Waals surface area contributed by atoms with Crippen LogP contribution < -0.4 is 14.4 Å². The van der Waals surface area contributed by atoms with Crippen molar-refractivity contribution in [3.8, 4) is 11.5 Å². The molecule has 0 aliphatic carbocycles. The quantitative estimate of drug-likeness (QED) is 0.329. The van der Waals surface area contributed by atoms with Gasteiger partial charge in [0.2, 0.25) is 0 Å². The normalized spacial score (nSPS) is 17.3. The number of Topliss-reactive ketones (excluding diaryl/α,β-unsaturated/α-hetero) is 1. The van der Waals surface area contributed by atoms with Gasteiger partial charge >= 0.3 is 0 Å². The van der Waals surface area contributed by atoms with Crippen molar-refractivity contribution in [1.29, 1.82) is 0 Å². The molecule has 1 aliphatic heterocycles. The number of carbonyl (C=O) groups is 2. The average molecular weight is 443 g/mol. The number of nitrogens with zero attached hydrogens (tertiary/aromatic N) is 1. The van der Waals surface area contributed by atoms with Crippen molar-refractivity contribution in [2.75, 3.05) is 18.6 Å². The first-order chi connectivity index (χ1) is 16.0. The van der Waals surface area contributed by atoms with Crippen LogP contribution in [0.5, 0.6) is 11.5 Å². The molecular formula is C27H25NO5. The summed E-state index contributed by atoms with van der Waals surface area (Å²) in [7, 11) is 1.55. The molecule has 168 valence electrons. The maximum Gasteiger partial charge on any atom is 0.300 e. The first-order valence-corrected chi connectivity index (χ1v) is 10.7. The number of rotatable bonds is 6. The van der Waals surface area contributed by atoms with Gasteiger partial charge in [-0.2, -0.15) is 0 Å². The number of hydrogen-bond donors (Lipinski definition) is 1. The van der Waals surface area contributed by atoms with E-state index in [1.165, 1.54) is 4.90 Å². The molecule has 0 bridgehead atoms. The molecule has 0 saturated carbocycles. The van der Waals surface area contributed by atoms with Crippen molar-refractivity contribution in [3.05, 3.63) is 95.1 Å². The molecule has 0 spiro atoms. The molecule has 1 atom stereocenters. The number of methoxy groups -OCH3 is 1. The number of carbonyl (C=O) groups excluding carboxylic acids is 2. The van der Waals surface area contributed by atoms with Gasteiger partial charge in [-0.25, -0.2) is 0 Å².